The highest BCUT2D eigenvalue weighted by Gasteiger charge is 2.47. The molecule has 5 heteroatoms. The van der Waals surface area contributed by atoms with Gasteiger partial charge in [0.2, 0.25) is 5.91 Å². The zero-order chi connectivity index (χ0) is 20.7. The van der Waals surface area contributed by atoms with Crippen molar-refractivity contribution in [3.63, 3.8) is 0 Å². The van der Waals surface area contributed by atoms with Crippen molar-refractivity contribution in [2.24, 2.45) is 5.92 Å². The molecular weight excluding hydrogens is 382 g/mol. The van der Waals surface area contributed by atoms with Crippen LogP contribution in [0.5, 0.6) is 0 Å². The predicted molar refractivity (Wildman–Crippen MR) is 113 cm³/mol. The Hall–Kier alpha value is -2.27. The number of hydrogen-bond acceptors (Lipinski definition) is 2. The van der Waals surface area contributed by atoms with Gasteiger partial charge in [0.1, 0.15) is 11.6 Å². The largest absolute Gasteiger partial charge is 0.311 e. The molecule has 3 nitrogen and oxygen atoms in total. The number of piperidine rings is 1. The Bertz CT molecular complexity index is 946. The van der Waals surface area contributed by atoms with Crippen molar-refractivity contribution in [2.45, 2.75) is 50.5 Å². The van der Waals surface area contributed by atoms with Crippen molar-refractivity contribution in [3.05, 3.63) is 65.2 Å². The molecule has 0 N–H and O–H groups in total. The van der Waals surface area contributed by atoms with E-state index in [1.807, 2.05) is 11.0 Å². The second-order valence-corrected chi connectivity index (χ2v) is 9.25. The average molecular weight is 411 g/mol. The number of halogens is 2. The minimum absolute atomic E-state index is 0.117. The van der Waals surface area contributed by atoms with Gasteiger partial charge in [-0.2, -0.15) is 0 Å². The molecule has 158 valence electrons. The SMILES string of the molecule is O=C(C1CCCC1)N1CC2(CCN(Cc3cccc(F)c3)CC2)c2cc(F)ccc21. The number of carbonyl (C=O) groups is 1. The molecule has 2 aromatic carbocycles. The molecule has 1 saturated carbocycles. The zero-order valence-corrected chi connectivity index (χ0v) is 17.2. The normalized spacial score (nSPS) is 21.3. The van der Waals surface area contributed by atoms with Crippen LogP contribution in [0.2, 0.25) is 0 Å². The molecule has 1 spiro atoms. The third kappa shape index (κ3) is 3.53. The van der Waals surface area contributed by atoms with Gasteiger partial charge in [0.15, 0.2) is 0 Å². The number of fused-ring (bicyclic) bond motifs is 2. The van der Waals surface area contributed by atoms with Crippen molar-refractivity contribution in [1.82, 2.24) is 4.90 Å². The van der Waals surface area contributed by atoms with Gasteiger partial charge in [0.25, 0.3) is 0 Å². The van der Waals surface area contributed by atoms with E-state index >= 15 is 0 Å². The summed E-state index contributed by atoms with van der Waals surface area (Å²) < 4.78 is 27.7. The van der Waals surface area contributed by atoms with Crippen LogP contribution in [0.3, 0.4) is 0 Å². The molecule has 0 atom stereocenters. The summed E-state index contributed by atoms with van der Waals surface area (Å²) >= 11 is 0. The van der Waals surface area contributed by atoms with Crippen LogP contribution in [0, 0.1) is 17.6 Å². The fourth-order valence-corrected chi connectivity index (χ4v) is 5.69. The lowest BCUT2D eigenvalue weighted by molar-refractivity contribution is -0.122. The maximum atomic E-state index is 14.2. The third-order valence-electron chi connectivity index (χ3n) is 7.36. The van der Waals surface area contributed by atoms with Gasteiger partial charge in [-0.1, -0.05) is 25.0 Å². The van der Waals surface area contributed by atoms with Gasteiger partial charge in [-0.3, -0.25) is 9.69 Å². The van der Waals surface area contributed by atoms with E-state index in [9.17, 15) is 13.6 Å². The molecule has 1 aliphatic carbocycles. The molecule has 2 aliphatic heterocycles. The molecule has 30 heavy (non-hydrogen) atoms. The van der Waals surface area contributed by atoms with E-state index in [4.69, 9.17) is 0 Å². The fourth-order valence-electron chi connectivity index (χ4n) is 5.69. The Balaban J connectivity index is 1.35. The summed E-state index contributed by atoms with van der Waals surface area (Å²) in [5, 5.41) is 0. The molecular formula is C25H28F2N2O. The topological polar surface area (TPSA) is 23.6 Å². The monoisotopic (exact) mass is 410 g/mol. The molecule has 2 fully saturated rings. The van der Waals surface area contributed by atoms with Crippen LogP contribution in [-0.4, -0.2) is 30.4 Å². The van der Waals surface area contributed by atoms with Crippen molar-refractivity contribution < 1.29 is 13.6 Å². The molecule has 0 aromatic heterocycles. The van der Waals surface area contributed by atoms with E-state index < -0.39 is 0 Å². The van der Waals surface area contributed by atoms with Crippen LogP contribution in [-0.2, 0) is 16.8 Å². The van der Waals surface area contributed by atoms with Gasteiger partial charge in [-0.05, 0) is 80.2 Å². The number of rotatable bonds is 3. The van der Waals surface area contributed by atoms with Gasteiger partial charge < -0.3 is 4.90 Å². The standard InChI is InChI=1S/C25H28F2N2O/c26-20-7-3-4-18(14-20)16-28-12-10-25(11-13-28)17-29(24(30)19-5-1-2-6-19)23-9-8-21(27)15-22(23)25/h3-4,7-9,14-15,19H,1-2,5-6,10-13,16-17H2. The van der Waals surface area contributed by atoms with E-state index in [0.717, 1.165) is 68.4 Å². The summed E-state index contributed by atoms with van der Waals surface area (Å²) in [5.41, 5.74) is 2.71. The zero-order valence-electron chi connectivity index (χ0n) is 17.2. The number of benzene rings is 2. The van der Waals surface area contributed by atoms with Gasteiger partial charge in [0.05, 0.1) is 0 Å². The highest BCUT2D eigenvalue weighted by Crippen LogP contribution is 2.48. The molecule has 2 heterocycles. The molecule has 2 aromatic rings. The first-order valence-corrected chi connectivity index (χ1v) is 11.1. The summed E-state index contributed by atoms with van der Waals surface area (Å²) in [6.07, 6.45) is 5.96. The first-order valence-electron chi connectivity index (χ1n) is 11.1. The predicted octanol–water partition coefficient (Wildman–Crippen LogP) is 5.04. The molecule has 1 amide bonds. The van der Waals surface area contributed by atoms with Crippen molar-refractivity contribution in [3.8, 4) is 0 Å². The van der Waals surface area contributed by atoms with Crippen molar-refractivity contribution >= 4 is 11.6 Å². The minimum atomic E-state index is -0.231. The van der Waals surface area contributed by atoms with Crippen molar-refractivity contribution in [1.29, 1.82) is 0 Å². The lowest BCUT2D eigenvalue weighted by atomic mass is 9.74. The second kappa shape index (κ2) is 7.77. The summed E-state index contributed by atoms with van der Waals surface area (Å²) in [7, 11) is 0. The Labute approximate surface area is 176 Å². The number of hydrogen-bond donors (Lipinski definition) is 0. The number of carbonyl (C=O) groups excluding carboxylic acids is 1. The molecule has 5 rings (SSSR count). The number of nitrogens with zero attached hydrogens (tertiary/aromatic N) is 2. The van der Waals surface area contributed by atoms with Crippen LogP contribution >= 0.6 is 0 Å². The maximum absolute atomic E-state index is 14.2. The quantitative estimate of drug-likeness (QED) is 0.708. The van der Waals surface area contributed by atoms with Crippen LogP contribution in [0.15, 0.2) is 42.5 Å². The van der Waals surface area contributed by atoms with Crippen LogP contribution in [0.4, 0.5) is 14.5 Å². The molecule has 0 radical (unpaired) electrons. The van der Waals surface area contributed by atoms with E-state index in [1.54, 1.807) is 24.3 Å². The van der Waals surface area contributed by atoms with E-state index in [0.29, 0.717) is 13.1 Å². The molecule has 1 saturated heterocycles. The first kappa shape index (κ1) is 19.7. The molecule has 0 bridgehead atoms. The van der Waals surface area contributed by atoms with Crippen molar-refractivity contribution in [2.75, 3.05) is 24.5 Å². The average Bonchev–Trinajstić information content (AvgIpc) is 3.37. The van der Waals surface area contributed by atoms with Gasteiger partial charge in [-0.25, -0.2) is 8.78 Å². The third-order valence-corrected chi connectivity index (χ3v) is 7.36. The van der Waals surface area contributed by atoms with Crippen LogP contribution in [0.25, 0.3) is 0 Å². The molecule has 0 unspecified atom stereocenters. The lowest BCUT2D eigenvalue weighted by Crippen LogP contribution is -2.46. The number of amides is 1. The van der Waals surface area contributed by atoms with Gasteiger partial charge in [-0.15, -0.1) is 0 Å². The Morgan fingerprint density at radius 3 is 2.47 bits per heavy atom. The number of anilines is 1. The fraction of sp³-hybridized carbons (Fsp3) is 0.480. The maximum Gasteiger partial charge on any atom is 0.230 e. The van der Waals surface area contributed by atoms with Crippen LogP contribution < -0.4 is 4.90 Å². The van der Waals surface area contributed by atoms with Gasteiger partial charge in [0, 0.05) is 30.1 Å². The van der Waals surface area contributed by atoms with E-state index in [-0.39, 0.29) is 28.9 Å². The first-order chi connectivity index (χ1) is 14.5. The summed E-state index contributed by atoms with van der Waals surface area (Å²) in [5.74, 6) is -0.0988. The van der Waals surface area contributed by atoms with Gasteiger partial charge >= 0.3 is 0 Å². The second-order valence-electron chi connectivity index (χ2n) is 9.25. The Morgan fingerprint density at radius 2 is 1.73 bits per heavy atom. The Morgan fingerprint density at radius 1 is 1.00 bits per heavy atom. The summed E-state index contributed by atoms with van der Waals surface area (Å²) in [6.45, 7) is 3.10. The highest BCUT2D eigenvalue weighted by molar-refractivity contribution is 5.98. The van der Waals surface area contributed by atoms with E-state index in [1.165, 1.54) is 12.1 Å². The Kier molecular flexibility index (Phi) is 5.10. The smallest absolute Gasteiger partial charge is 0.230 e. The summed E-state index contributed by atoms with van der Waals surface area (Å²) in [6, 6.07) is 11.7. The number of likely N-dealkylation sites (tertiary alicyclic amines) is 1. The lowest BCUT2D eigenvalue weighted by Gasteiger charge is -2.40. The molecule has 3 aliphatic rings. The van der Waals surface area contributed by atoms with E-state index in [2.05, 4.69) is 4.90 Å². The summed E-state index contributed by atoms with van der Waals surface area (Å²) in [4.78, 5) is 17.5. The highest BCUT2D eigenvalue weighted by atomic mass is 19.1. The van der Waals surface area contributed by atoms with Crippen LogP contribution in [0.1, 0.15) is 49.7 Å². The minimum Gasteiger partial charge on any atom is -0.311 e.